The van der Waals surface area contributed by atoms with Gasteiger partial charge in [0.05, 0.1) is 11.7 Å². The number of hydrogen-bond acceptors (Lipinski definition) is 2. The normalized spacial score (nSPS) is 24.4. The smallest absolute Gasteiger partial charge is 0.392 e. The molecule has 0 spiro atoms. The zero-order valence-corrected chi connectivity index (χ0v) is 11.3. The molecular formula is C15H20F3NO. The molecule has 0 amide bonds. The summed E-state index contributed by atoms with van der Waals surface area (Å²) in [5.41, 5.74) is -0.368. The molecule has 2 atom stereocenters. The number of aliphatic hydroxyl groups is 1. The molecular weight excluding hydrogens is 267 g/mol. The highest BCUT2D eigenvalue weighted by Crippen LogP contribution is 2.32. The van der Waals surface area contributed by atoms with Crippen LogP contribution < -0.4 is 5.32 Å². The van der Waals surface area contributed by atoms with Crippen LogP contribution in [0, 0.1) is 0 Å². The second kappa shape index (κ2) is 6.59. The van der Waals surface area contributed by atoms with E-state index in [9.17, 15) is 18.3 Å². The van der Waals surface area contributed by atoms with E-state index in [0.717, 1.165) is 38.2 Å². The molecule has 2 nitrogen and oxygen atoms in total. The van der Waals surface area contributed by atoms with Crippen molar-refractivity contribution in [2.45, 2.75) is 57.0 Å². The fourth-order valence-electron chi connectivity index (χ4n) is 2.72. The van der Waals surface area contributed by atoms with Crippen LogP contribution in [0.4, 0.5) is 13.2 Å². The second-order valence-corrected chi connectivity index (χ2v) is 5.35. The summed E-state index contributed by atoms with van der Waals surface area (Å²) in [6.45, 7) is 0.136. The van der Waals surface area contributed by atoms with Crippen molar-refractivity contribution in [2.24, 2.45) is 0 Å². The molecule has 2 rings (SSSR count). The van der Waals surface area contributed by atoms with Gasteiger partial charge < -0.3 is 10.4 Å². The Bertz CT molecular complexity index is 433. The molecule has 1 aliphatic rings. The van der Waals surface area contributed by atoms with Crippen LogP contribution in [-0.4, -0.2) is 17.3 Å². The minimum atomic E-state index is -4.33. The number of rotatable bonds is 3. The van der Waals surface area contributed by atoms with E-state index >= 15 is 0 Å². The van der Waals surface area contributed by atoms with E-state index in [0.29, 0.717) is 0 Å². The number of halogens is 3. The largest absolute Gasteiger partial charge is 0.416 e. The van der Waals surface area contributed by atoms with Crippen LogP contribution in [0.1, 0.15) is 43.2 Å². The van der Waals surface area contributed by atoms with E-state index in [1.807, 2.05) is 0 Å². The van der Waals surface area contributed by atoms with Crippen LogP contribution in [0.25, 0.3) is 0 Å². The van der Waals surface area contributed by atoms with Gasteiger partial charge in [-0.25, -0.2) is 0 Å². The first kappa shape index (κ1) is 15.3. The van der Waals surface area contributed by atoms with Crippen molar-refractivity contribution in [1.82, 2.24) is 5.32 Å². The number of benzene rings is 1. The van der Waals surface area contributed by atoms with E-state index < -0.39 is 17.8 Å². The Morgan fingerprint density at radius 3 is 2.55 bits per heavy atom. The minimum absolute atomic E-state index is 0.112. The highest BCUT2D eigenvalue weighted by molar-refractivity contribution is 5.29. The summed E-state index contributed by atoms with van der Waals surface area (Å²) in [4.78, 5) is 0. The fourth-order valence-corrected chi connectivity index (χ4v) is 2.72. The molecule has 2 N–H and O–H groups in total. The Morgan fingerprint density at radius 1 is 1.10 bits per heavy atom. The Kier molecular flexibility index (Phi) is 5.05. The first-order chi connectivity index (χ1) is 9.48. The Morgan fingerprint density at radius 2 is 1.80 bits per heavy atom. The van der Waals surface area contributed by atoms with Crippen molar-refractivity contribution in [3.05, 3.63) is 35.4 Å². The minimum Gasteiger partial charge on any atom is -0.392 e. The summed E-state index contributed by atoms with van der Waals surface area (Å²) in [6.07, 6.45) is -0.188. The van der Waals surface area contributed by atoms with Gasteiger partial charge in [0, 0.05) is 12.6 Å². The van der Waals surface area contributed by atoms with Crippen LogP contribution in [0.15, 0.2) is 24.3 Å². The van der Waals surface area contributed by atoms with Gasteiger partial charge in [0.25, 0.3) is 0 Å². The first-order valence-electron chi connectivity index (χ1n) is 7.05. The summed E-state index contributed by atoms with van der Waals surface area (Å²) in [7, 11) is 0. The Hall–Kier alpha value is -1.07. The highest BCUT2D eigenvalue weighted by atomic mass is 19.4. The third-order valence-corrected chi connectivity index (χ3v) is 3.86. The van der Waals surface area contributed by atoms with E-state index in [-0.39, 0.29) is 18.2 Å². The maximum absolute atomic E-state index is 12.9. The van der Waals surface area contributed by atoms with E-state index in [1.54, 1.807) is 6.07 Å². The average molecular weight is 287 g/mol. The van der Waals surface area contributed by atoms with Crippen molar-refractivity contribution in [1.29, 1.82) is 0 Å². The predicted molar refractivity (Wildman–Crippen MR) is 71.2 cm³/mol. The SMILES string of the molecule is OC1CCCCCC1NCc1ccccc1C(F)(F)F. The van der Waals surface area contributed by atoms with Gasteiger partial charge in [0.1, 0.15) is 0 Å². The van der Waals surface area contributed by atoms with Gasteiger partial charge in [-0.05, 0) is 24.5 Å². The topological polar surface area (TPSA) is 32.3 Å². The monoisotopic (exact) mass is 287 g/mol. The molecule has 1 aromatic carbocycles. The van der Waals surface area contributed by atoms with Crippen LogP contribution >= 0.6 is 0 Å². The summed E-state index contributed by atoms with van der Waals surface area (Å²) in [6, 6.07) is 5.47. The summed E-state index contributed by atoms with van der Waals surface area (Å²) in [5.74, 6) is 0. The van der Waals surface area contributed by atoms with Crippen LogP contribution in [-0.2, 0) is 12.7 Å². The van der Waals surface area contributed by atoms with Gasteiger partial charge >= 0.3 is 6.18 Å². The van der Waals surface area contributed by atoms with Gasteiger partial charge in [0.15, 0.2) is 0 Å². The number of hydrogen-bond donors (Lipinski definition) is 2. The zero-order chi connectivity index (χ0) is 14.6. The number of nitrogens with one attached hydrogen (secondary N) is 1. The number of alkyl halides is 3. The molecule has 1 saturated carbocycles. The van der Waals surface area contributed by atoms with Crippen LogP contribution in [0.2, 0.25) is 0 Å². The van der Waals surface area contributed by atoms with Crippen molar-refractivity contribution >= 4 is 0 Å². The molecule has 112 valence electrons. The fraction of sp³-hybridized carbons (Fsp3) is 0.600. The second-order valence-electron chi connectivity index (χ2n) is 5.35. The molecule has 0 heterocycles. The molecule has 0 aliphatic heterocycles. The lowest BCUT2D eigenvalue weighted by atomic mass is 10.0. The summed E-state index contributed by atoms with van der Waals surface area (Å²) >= 11 is 0. The molecule has 1 fully saturated rings. The van der Waals surface area contributed by atoms with E-state index in [1.165, 1.54) is 12.1 Å². The van der Waals surface area contributed by atoms with E-state index in [2.05, 4.69) is 5.32 Å². The van der Waals surface area contributed by atoms with Gasteiger partial charge in [-0.1, -0.05) is 37.5 Å². The molecule has 5 heteroatoms. The predicted octanol–water partition coefficient (Wildman–Crippen LogP) is 3.49. The molecule has 1 aliphatic carbocycles. The highest BCUT2D eigenvalue weighted by Gasteiger charge is 2.33. The Labute approximate surface area is 117 Å². The van der Waals surface area contributed by atoms with Crippen molar-refractivity contribution in [3.63, 3.8) is 0 Å². The van der Waals surface area contributed by atoms with Crippen molar-refractivity contribution < 1.29 is 18.3 Å². The van der Waals surface area contributed by atoms with Crippen LogP contribution in [0.3, 0.4) is 0 Å². The molecule has 0 aromatic heterocycles. The van der Waals surface area contributed by atoms with Crippen molar-refractivity contribution in [3.8, 4) is 0 Å². The lowest BCUT2D eigenvalue weighted by Crippen LogP contribution is -2.38. The lowest BCUT2D eigenvalue weighted by molar-refractivity contribution is -0.138. The molecule has 0 radical (unpaired) electrons. The zero-order valence-electron chi connectivity index (χ0n) is 11.3. The molecule has 20 heavy (non-hydrogen) atoms. The molecule has 0 saturated heterocycles. The number of aliphatic hydroxyl groups excluding tert-OH is 1. The van der Waals surface area contributed by atoms with Crippen LogP contribution in [0.5, 0.6) is 0 Å². The quantitative estimate of drug-likeness (QED) is 0.834. The maximum Gasteiger partial charge on any atom is 0.416 e. The maximum atomic E-state index is 12.9. The lowest BCUT2D eigenvalue weighted by Gasteiger charge is -2.23. The van der Waals surface area contributed by atoms with Crippen molar-refractivity contribution in [2.75, 3.05) is 0 Å². The van der Waals surface area contributed by atoms with Gasteiger partial charge in [-0.2, -0.15) is 13.2 Å². The molecule has 0 bridgehead atoms. The van der Waals surface area contributed by atoms with Gasteiger partial charge in [0.2, 0.25) is 0 Å². The van der Waals surface area contributed by atoms with Gasteiger partial charge in [-0.3, -0.25) is 0 Å². The molecule has 2 unspecified atom stereocenters. The standard InChI is InChI=1S/C15H20F3NO/c16-15(17,18)12-7-5-4-6-11(12)10-19-13-8-2-1-3-9-14(13)20/h4-7,13-14,19-20H,1-3,8-10H2. The Balaban J connectivity index is 2.03. The molecule has 1 aromatic rings. The summed E-state index contributed by atoms with van der Waals surface area (Å²) < 4.78 is 38.6. The third-order valence-electron chi connectivity index (χ3n) is 3.86. The third kappa shape index (κ3) is 3.96. The first-order valence-corrected chi connectivity index (χ1v) is 7.05. The van der Waals surface area contributed by atoms with Gasteiger partial charge in [-0.15, -0.1) is 0 Å². The summed E-state index contributed by atoms with van der Waals surface area (Å²) in [5, 5.41) is 13.1. The van der Waals surface area contributed by atoms with E-state index in [4.69, 9.17) is 0 Å². The average Bonchev–Trinajstić information content (AvgIpc) is 2.60.